The predicted molar refractivity (Wildman–Crippen MR) is 130 cm³/mol. The van der Waals surface area contributed by atoms with Gasteiger partial charge in [-0.25, -0.2) is 4.99 Å². The number of likely N-dealkylation sites (tertiary alicyclic amines) is 1. The van der Waals surface area contributed by atoms with E-state index in [-0.39, 0.29) is 29.4 Å². The van der Waals surface area contributed by atoms with Gasteiger partial charge >= 0.3 is 0 Å². The van der Waals surface area contributed by atoms with Crippen LogP contribution in [0.2, 0.25) is 0 Å². The van der Waals surface area contributed by atoms with Crippen LogP contribution >= 0.6 is 24.0 Å². The fourth-order valence-corrected chi connectivity index (χ4v) is 5.20. The number of nitrogens with zero attached hydrogens (tertiary/aromatic N) is 2. The molecule has 2 aliphatic heterocycles. The molecule has 2 heterocycles. The summed E-state index contributed by atoms with van der Waals surface area (Å²) in [7, 11) is 0. The molecule has 1 aliphatic carbocycles. The van der Waals surface area contributed by atoms with Crippen LogP contribution in [0.3, 0.4) is 0 Å². The van der Waals surface area contributed by atoms with Crippen LogP contribution in [0.5, 0.6) is 0 Å². The lowest BCUT2D eigenvalue weighted by Gasteiger charge is -2.54. The molecule has 3 atom stereocenters. The van der Waals surface area contributed by atoms with E-state index < -0.39 is 0 Å². The minimum atomic E-state index is 0. The van der Waals surface area contributed by atoms with Crippen molar-refractivity contribution in [1.29, 1.82) is 0 Å². The number of hydrogen-bond acceptors (Lipinski definition) is 3. The molecule has 29 heavy (non-hydrogen) atoms. The summed E-state index contributed by atoms with van der Waals surface area (Å²) in [6, 6.07) is 9.41. The highest BCUT2D eigenvalue weighted by atomic mass is 127. The summed E-state index contributed by atoms with van der Waals surface area (Å²) in [4.78, 5) is 7.40. The molecule has 3 unspecified atom stereocenters. The maximum Gasteiger partial charge on any atom is 0.191 e. The summed E-state index contributed by atoms with van der Waals surface area (Å²) in [6.45, 7) is 12.8. The highest BCUT2D eigenvalue weighted by molar-refractivity contribution is 14.0. The Kier molecular flexibility index (Phi) is 7.84. The van der Waals surface area contributed by atoms with Crippen LogP contribution in [0.4, 0.5) is 0 Å². The molecule has 162 valence electrons. The van der Waals surface area contributed by atoms with E-state index in [1.54, 1.807) is 0 Å². The fourth-order valence-electron chi connectivity index (χ4n) is 5.20. The highest BCUT2D eigenvalue weighted by Crippen LogP contribution is 2.52. The van der Waals surface area contributed by atoms with Crippen LogP contribution < -0.4 is 10.6 Å². The molecule has 3 aliphatic rings. The van der Waals surface area contributed by atoms with Crippen molar-refractivity contribution in [2.24, 2.45) is 16.3 Å². The molecule has 0 radical (unpaired) electrons. The van der Waals surface area contributed by atoms with Gasteiger partial charge in [0.05, 0.1) is 12.6 Å². The number of halogens is 1. The molecule has 0 aromatic heterocycles. The fraction of sp³-hybridized carbons (Fsp3) is 0.696. The van der Waals surface area contributed by atoms with Gasteiger partial charge in [-0.05, 0) is 50.4 Å². The Morgan fingerprint density at radius 2 is 1.86 bits per heavy atom. The SMILES string of the molecule is CCNC(=NCc1ccc(CN2CCCC2)cc1)NC1C2CCOC2C1(C)C.I. The van der Waals surface area contributed by atoms with E-state index >= 15 is 0 Å². The van der Waals surface area contributed by atoms with Crippen molar-refractivity contribution in [2.75, 3.05) is 26.2 Å². The molecule has 4 rings (SSSR count). The first-order valence-electron chi connectivity index (χ1n) is 11.0. The van der Waals surface area contributed by atoms with E-state index in [2.05, 4.69) is 60.6 Å². The molecule has 0 amide bonds. The number of fused-ring (bicyclic) bond motifs is 1. The molecule has 2 N–H and O–H groups in total. The summed E-state index contributed by atoms with van der Waals surface area (Å²) >= 11 is 0. The third-order valence-corrected chi connectivity index (χ3v) is 6.78. The molecule has 6 heteroatoms. The van der Waals surface area contributed by atoms with E-state index in [0.29, 0.717) is 24.6 Å². The molecule has 0 spiro atoms. The van der Waals surface area contributed by atoms with E-state index in [9.17, 15) is 0 Å². The van der Waals surface area contributed by atoms with E-state index in [0.717, 1.165) is 32.1 Å². The van der Waals surface area contributed by atoms with E-state index in [1.165, 1.54) is 37.1 Å². The zero-order chi connectivity index (χ0) is 19.6. The largest absolute Gasteiger partial charge is 0.377 e. The number of guanidine groups is 1. The molecular formula is C23H37IN4O. The van der Waals surface area contributed by atoms with Gasteiger partial charge in [-0.1, -0.05) is 38.1 Å². The van der Waals surface area contributed by atoms with Crippen molar-refractivity contribution < 1.29 is 4.74 Å². The van der Waals surface area contributed by atoms with Crippen molar-refractivity contribution >= 4 is 29.9 Å². The van der Waals surface area contributed by atoms with Gasteiger partial charge in [0, 0.05) is 37.1 Å². The van der Waals surface area contributed by atoms with Crippen LogP contribution in [0.25, 0.3) is 0 Å². The average Bonchev–Trinajstić information content (AvgIpc) is 3.36. The number of hydrogen-bond donors (Lipinski definition) is 2. The summed E-state index contributed by atoms with van der Waals surface area (Å²) in [5, 5.41) is 7.12. The standard InChI is InChI=1S/C23H36N4O.HI/c1-4-24-22(26-20-19-11-14-28-21(19)23(20,2)3)25-15-17-7-9-18(10-8-17)16-27-12-5-6-13-27;/h7-10,19-21H,4-6,11-16H2,1-3H3,(H2,24,25,26);1H. The molecule has 1 aromatic carbocycles. The van der Waals surface area contributed by atoms with E-state index in [1.807, 2.05) is 0 Å². The van der Waals surface area contributed by atoms with Gasteiger partial charge in [-0.2, -0.15) is 0 Å². The monoisotopic (exact) mass is 512 g/mol. The second kappa shape index (κ2) is 9.96. The van der Waals surface area contributed by atoms with Gasteiger partial charge in [-0.15, -0.1) is 24.0 Å². The normalized spacial score (nSPS) is 28.4. The van der Waals surface area contributed by atoms with Crippen molar-refractivity contribution in [3.63, 3.8) is 0 Å². The maximum atomic E-state index is 5.92. The first-order valence-corrected chi connectivity index (χ1v) is 11.0. The first kappa shape index (κ1) is 22.8. The Labute approximate surface area is 193 Å². The van der Waals surface area contributed by atoms with Gasteiger partial charge in [0.2, 0.25) is 0 Å². The third-order valence-electron chi connectivity index (χ3n) is 6.78. The van der Waals surface area contributed by atoms with Crippen LogP contribution in [-0.4, -0.2) is 49.2 Å². The summed E-state index contributed by atoms with van der Waals surface area (Å²) in [5.74, 6) is 1.54. The Morgan fingerprint density at radius 3 is 2.55 bits per heavy atom. The van der Waals surface area contributed by atoms with Gasteiger partial charge in [0.1, 0.15) is 0 Å². The number of aliphatic imine (C=N–C) groups is 1. The van der Waals surface area contributed by atoms with Crippen molar-refractivity contribution in [2.45, 2.75) is 65.3 Å². The van der Waals surface area contributed by atoms with Gasteiger partial charge < -0.3 is 15.4 Å². The van der Waals surface area contributed by atoms with Crippen LogP contribution in [0.15, 0.2) is 29.3 Å². The zero-order valence-corrected chi connectivity index (χ0v) is 20.4. The first-order chi connectivity index (χ1) is 13.6. The lowest BCUT2D eigenvalue weighted by atomic mass is 9.57. The molecule has 1 aromatic rings. The minimum absolute atomic E-state index is 0. The second-order valence-corrected chi connectivity index (χ2v) is 9.18. The molecule has 5 nitrogen and oxygen atoms in total. The van der Waals surface area contributed by atoms with Crippen molar-refractivity contribution in [3.05, 3.63) is 35.4 Å². The highest BCUT2D eigenvalue weighted by Gasteiger charge is 2.59. The Balaban J connectivity index is 0.00000240. The van der Waals surface area contributed by atoms with Gasteiger partial charge in [-0.3, -0.25) is 4.90 Å². The molecule has 2 saturated heterocycles. The number of ether oxygens (including phenoxy) is 1. The maximum absolute atomic E-state index is 5.92. The zero-order valence-electron chi connectivity index (χ0n) is 18.1. The number of benzene rings is 1. The molecule has 0 bridgehead atoms. The lowest BCUT2D eigenvalue weighted by molar-refractivity contribution is -0.106. The second-order valence-electron chi connectivity index (χ2n) is 9.18. The number of nitrogens with one attached hydrogen (secondary N) is 2. The Morgan fingerprint density at radius 1 is 1.17 bits per heavy atom. The lowest BCUT2D eigenvalue weighted by Crippen LogP contribution is -2.67. The van der Waals surface area contributed by atoms with Crippen LogP contribution in [-0.2, 0) is 17.8 Å². The molecule has 3 fully saturated rings. The summed E-state index contributed by atoms with van der Waals surface area (Å²) in [5.41, 5.74) is 2.83. The summed E-state index contributed by atoms with van der Waals surface area (Å²) < 4.78 is 5.92. The number of rotatable bonds is 6. The quantitative estimate of drug-likeness (QED) is 0.346. The topological polar surface area (TPSA) is 48.9 Å². The van der Waals surface area contributed by atoms with Crippen molar-refractivity contribution in [3.8, 4) is 0 Å². The molecule has 1 saturated carbocycles. The predicted octanol–water partition coefficient (Wildman–Crippen LogP) is 3.77. The van der Waals surface area contributed by atoms with Gasteiger partial charge in [0.25, 0.3) is 0 Å². The third kappa shape index (κ3) is 5.07. The van der Waals surface area contributed by atoms with E-state index in [4.69, 9.17) is 9.73 Å². The van der Waals surface area contributed by atoms with Crippen LogP contribution in [0, 0.1) is 11.3 Å². The van der Waals surface area contributed by atoms with Crippen molar-refractivity contribution in [1.82, 2.24) is 15.5 Å². The minimum Gasteiger partial charge on any atom is -0.377 e. The molecular weight excluding hydrogens is 475 g/mol. The smallest absolute Gasteiger partial charge is 0.191 e. The summed E-state index contributed by atoms with van der Waals surface area (Å²) in [6.07, 6.45) is 4.25. The van der Waals surface area contributed by atoms with Gasteiger partial charge in [0.15, 0.2) is 5.96 Å². The average molecular weight is 512 g/mol. The Hall–Kier alpha value is -0.860. The van der Waals surface area contributed by atoms with Crippen LogP contribution in [0.1, 0.15) is 51.2 Å². The Bertz CT molecular complexity index is 685.